The molecule has 0 fully saturated rings. The summed E-state index contributed by atoms with van der Waals surface area (Å²) < 4.78 is 32.4. The Morgan fingerprint density at radius 2 is 2.23 bits per heavy atom. The predicted octanol–water partition coefficient (Wildman–Crippen LogP) is 2.01. The minimum absolute atomic E-state index is 0.274. The van der Waals surface area contributed by atoms with Crippen molar-refractivity contribution in [3.8, 4) is 0 Å². The molecule has 0 unspecified atom stereocenters. The molecule has 3 rings (SSSR count). The predicted molar refractivity (Wildman–Crippen MR) is 83.3 cm³/mol. The molecule has 7 heteroatoms. The maximum atomic E-state index is 12.9. The lowest BCUT2D eigenvalue weighted by Crippen LogP contribution is -2.35. The fourth-order valence-corrected chi connectivity index (χ4v) is 4.33. The number of nitrogens with zero attached hydrogens (tertiary/aromatic N) is 2. The number of hydrogen-bond donors (Lipinski definition) is 1. The number of hydrogen-bond acceptors (Lipinski definition) is 4. The van der Waals surface area contributed by atoms with Gasteiger partial charge in [0.2, 0.25) is 0 Å². The van der Waals surface area contributed by atoms with Crippen LogP contribution < -0.4 is 4.31 Å². The summed E-state index contributed by atoms with van der Waals surface area (Å²) in [6.45, 7) is 2.76. The molecule has 0 radical (unpaired) electrons. The van der Waals surface area contributed by atoms with E-state index in [1.54, 1.807) is 25.3 Å². The third kappa shape index (κ3) is 2.50. The van der Waals surface area contributed by atoms with Crippen LogP contribution in [0.3, 0.4) is 0 Å². The minimum Gasteiger partial charge on any atom is -0.380 e. The number of rotatable bonds is 4. The molecule has 118 valence electrons. The Labute approximate surface area is 130 Å². The monoisotopic (exact) mass is 321 g/mol. The largest absolute Gasteiger partial charge is 0.380 e. The van der Waals surface area contributed by atoms with E-state index in [2.05, 4.69) is 10.2 Å². The Bertz CT molecular complexity index is 783. The van der Waals surface area contributed by atoms with E-state index in [9.17, 15) is 8.42 Å². The Hall–Kier alpha value is -1.86. The van der Waals surface area contributed by atoms with Crippen molar-refractivity contribution in [1.82, 2.24) is 10.2 Å². The van der Waals surface area contributed by atoms with E-state index >= 15 is 0 Å². The number of H-pyrrole nitrogens is 1. The number of aromatic amines is 1. The molecular formula is C15H19N3O3S. The van der Waals surface area contributed by atoms with E-state index < -0.39 is 10.0 Å². The normalized spacial score (nSPS) is 14.9. The van der Waals surface area contributed by atoms with Crippen LogP contribution in [-0.4, -0.2) is 32.3 Å². The molecule has 1 aliphatic rings. The van der Waals surface area contributed by atoms with Crippen LogP contribution in [0.15, 0.2) is 29.2 Å². The summed E-state index contributed by atoms with van der Waals surface area (Å²) in [6.07, 6.45) is 1.65. The van der Waals surface area contributed by atoms with E-state index in [-0.39, 0.29) is 4.90 Å². The smallest absolute Gasteiger partial charge is 0.265 e. The lowest BCUT2D eigenvalue weighted by atomic mass is 10.1. The molecule has 0 aliphatic carbocycles. The van der Waals surface area contributed by atoms with Gasteiger partial charge in [-0.15, -0.1) is 0 Å². The summed E-state index contributed by atoms with van der Waals surface area (Å²) >= 11 is 0. The van der Waals surface area contributed by atoms with E-state index in [1.165, 1.54) is 4.31 Å². The molecular weight excluding hydrogens is 302 g/mol. The van der Waals surface area contributed by atoms with Gasteiger partial charge in [-0.1, -0.05) is 12.1 Å². The van der Waals surface area contributed by atoms with E-state index in [1.807, 2.05) is 13.0 Å². The maximum absolute atomic E-state index is 12.9. The number of benzene rings is 1. The van der Waals surface area contributed by atoms with Crippen molar-refractivity contribution in [3.05, 3.63) is 41.1 Å². The Morgan fingerprint density at radius 1 is 1.41 bits per heavy atom. The van der Waals surface area contributed by atoms with Crippen LogP contribution in [0.2, 0.25) is 0 Å². The van der Waals surface area contributed by atoms with Crippen LogP contribution in [0.5, 0.6) is 0 Å². The van der Waals surface area contributed by atoms with Gasteiger partial charge in [-0.05, 0) is 37.5 Å². The summed E-state index contributed by atoms with van der Waals surface area (Å²) in [7, 11) is -2.02. The van der Waals surface area contributed by atoms with E-state index in [0.29, 0.717) is 19.0 Å². The number of ether oxygens (including phenoxy) is 1. The van der Waals surface area contributed by atoms with Crippen LogP contribution >= 0.6 is 0 Å². The highest BCUT2D eigenvalue weighted by Gasteiger charge is 2.32. The number of sulfonamides is 1. The fraction of sp³-hybridized carbons (Fsp3) is 0.400. The quantitative estimate of drug-likeness (QED) is 0.934. The standard InChI is InChI=1S/C15H19N3O3S/c1-11-14-7-4-8-18(15(14)17-16-11)22(19,20)13-6-3-5-12(9-13)10-21-2/h3,5-6,9H,4,7-8,10H2,1-2H3,(H,16,17). The van der Waals surface area contributed by atoms with Crippen molar-refractivity contribution in [2.75, 3.05) is 18.0 Å². The second kappa shape index (κ2) is 5.73. The fourth-order valence-electron chi connectivity index (χ4n) is 2.77. The molecule has 22 heavy (non-hydrogen) atoms. The lowest BCUT2D eigenvalue weighted by molar-refractivity contribution is 0.184. The van der Waals surface area contributed by atoms with Crippen molar-refractivity contribution in [1.29, 1.82) is 0 Å². The van der Waals surface area contributed by atoms with Gasteiger partial charge in [-0.3, -0.25) is 5.10 Å². The highest BCUT2D eigenvalue weighted by molar-refractivity contribution is 7.92. The molecule has 1 aromatic carbocycles. The van der Waals surface area contributed by atoms with Gasteiger partial charge < -0.3 is 4.74 Å². The van der Waals surface area contributed by atoms with Crippen LogP contribution in [0.1, 0.15) is 23.2 Å². The van der Waals surface area contributed by atoms with Gasteiger partial charge in [0.1, 0.15) is 0 Å². The van der Waals surface area contributed by atoms with Crippen molar-refractivity contribution in [3.63, 3.8) is 0 Å². The molecule has 0 bridgehead atoms. The van der Waals surface area contributed by atoms with Gasteiger partial charge in [0.05, 0.1) is 11.5 Å². The van der Waals surface area contributed by atoms with E-state index in [4.69, 9.17) is 4.74 Å². The van der Waals surface area contributed by atoms with Gasteiger partial charge in [-0.25, -0.2) is 12.7 Å². The molecule has 0 atom stereocenters. The SMILES string of the molecule is COCc1cccc(S(=O)(=O)N2CCCc3c2n[nH]c3C)c1. The number of fused-ring (bicyclic) bond motifs is 1. The summed E-state index contributed by atoms with van der Waals surface area (Å²) in [5.41, 5.74) is 2.75. The molecule has 0 amide bonds. The number of methoxy groups -OCH3 is 1. The highest BCUT2D eigenvalue weighted by Crippen LogP contribution is 2.31. The molecule has 6 nitrogen and oxygen atoms in total. The van der Waals surface area contributed by atoms with Crippen LogP contribution in [0.25, 0.3) is 0 Å². The molecule has 2 aromatic rings. The minimum atomic E-state index is -3.61. The molecule has 1 aliphatic heterocycles. The first kappa shape index (κ1) is 15.1. The molecule has 0 saturated carbocycles. The van der Waals surface area contributed by atoms with Crippen LogP contribution in [0, 0.1) is 6.92 Å². The number of anilines is 1. The Balaban J connectivity index is 2.02. The average Bonchev–Trinajstić information content (AvgIpc) is 2.89. The highest BCUT2D eigenvalue weighted by atomic mass is 32.2. The second-order valence-corrected chi connectivity index (χ2v) is 7.27. The van der Waals surface area contributed by atoms with Crippen molar-refractivity contribution < 1.29 is 13.2 Å². The van der Waals surface area contributed by atoms with Crippen molar-refractivity contribution in [2.24, 2.45) is 0 Å². The average molecular weight is 321 g/mol. The summed E-state index contributed by atoms with van der Waals surface area (Å²) in [6, 6.07) is 6.86. The van der Waals surface area contributed by atoms with Gasteiger partial charge in [-0.2, -0.15) is 5.10 Å². The molecule has 0 spiro atoms. The van der Waals surface area contributed by atoms with Gasteiger partial charge in [0.15, 0.2) is 5.82 Å². The number of aromatic nitrogens is 2. The van der Waals surface area contributed by atoms with Gasteiger partial charge in [0, 0.05) is 24.9 Å². The lowest BCUT2D eigenvalue weighted by Gasteiger charge is -2.27. The molecule has 2 heterocycles. The Kier molecular flexibility index (Phi) is 3.92. The summed E-state index contributed by atoms with van der Waals surface area (Å²) in [5.74, 6) is 0.529. The zero-order valence-corrected chi connectivity index (χ0v) is 13.5. The first-order valence-electron chi connectivity index (χ1n) is 7.18. The molecule has 0 saturated heterocycles. The summed E-state index contributed by atoms with van der Waals surface area (Å²) in [5, 5.41) is 7.07. The Morgan fingerprint density at radius 3 is 3.00 bits per heavy atom. The molecule has 1 N–H and O–H groups in total. The molecule has 1 aromatic heterocycles. The zero-order valence-electron chi connectivity index (χ0n) is 12.7. The van der Waals surface area contributed by atoms with Crippen molar-refractivity contribution >= 4 is 15.8 Å². The maximum Gasteiger partial charge on any atom is 0.265 e. The van der Waals surface area contributed by atoms with E-state index in [0.717, 1.165) is 29.7 Å². The first-order valence-corrected chi connectivity index (χ1v) is 8.62. The first-order chi connectivity index (χ1) is 10.5. The number of nitrogens with one attached hydrogen (secondary N) is 1. The third-order valence-electron chi connectivity index (χ3n) is 3.87. The third-order valence-corrected chi connectivity index (χ3v) is 5.66. The topological polar surface area (TPSA) is 75.3 Å². The number of aryl methyl sites for hydroxylation is 1. The second-order valence-electron chi connectivity index (χ2n) is 5.41. The van der Waals surface area contributed by atoms with Gasteiger partial charge >= 0.3 is 0 Å². The van der Waals surface area contributed by atoms with Crippen molar-refractivity contribution in [2.45, 2.75) is 31.3 Å². The van der Waals surface area contributed by atoms with Crippen LogP contribution in [-0.2, 0) is 27.8 Å². The summed E-state index contributed by atoms with van der Waals surface area (Å²) in [4.78, 5) is 0.274. The zero-order chi connectivity index (χ0) is 15.7. The van der Waals surface area contributed by atoms with Gasteiger partial charge in [0.25, 0.3) is 10.0 Å². The van der Waals surface area contributed by atoms with Crippen LogP contribution in [0.4, 0.5) is 5.82 Å².